The molecule has 0 unspecified atom stereocenters. The fourth-order valence-electron chi connectivity index (χ4n) is 3.28. The molecule has 1 amide bonds. The number of ether oxygens (including phenoxy) is 2. The Morgan fingerprint density at radius 3 is 2.26 bits per heavy atom. The Bertz CT molecular complexity index is 1420. The highest BCUT2D eigenvalue weighted by atomic mass is 16.5. The molecule has 0 saturated carbocycles. The first-order chi connectivity index (χ1) is 16.5. The lowest BCUT2D eigenvalue weighted by Gasteiger charge is -2.11. The Balaban J connectivity index is 1.48. The van der Waals surface area contributed by atoms with Crippen LogP contribution in [0.3, 0.4) is 0 Å². The molecule has 0 aliphatic carbocycles. The van der Waals surface area contributed by atoms with Crippen molar-refractivity contribution in [3.63, 3.8) is 0 Å². The number of hydrogen-bond acceptors (Lipinski definition) is 7. The molecule has 4 rings (SSSR count). The van der Waals surface area contributed by atoms with E-state index in [9.17, 15) is 14.4 Å². The number of hydrogen-bond donors (Lipinski definition) is 2. The van der Waals surface area contributed by atoms with E-state index in [2.05, 4.69) is 20.6 Å². The summed E-state index contributed by atoms with van der Waals surface area (Å²) in [5.74, 6) is 0.688. The molecule has 0 bridgehead atoms. The molecule has 0 saturated heterocycles. The van der Waals surface area contributed by atoms with Crippen molar-refractivity contribution in [3.8, 4) is 34.0 Å². The lowest BCUT2D eigenvalue weighted by Crippen LogP contribution is -2.29. The van der Waals surface area contributed by atoms with Gasteiger partial charge in [-0.2, -0.15) is 10.2 Å². The summed E-state index contributed by atoms with van der Waals surface area (Å²) in [6, 6.07) is 18.1. The van der Waals surface area contributed by atoms with Crippen LogP contribution in [0.4, 0.5) is 5.69 Å². The Labute approximate surface area is 193 Å². The zero-order valence-corrected chi connectivity index (χ0v) is 18.4. The summed E-state index contributed by atoms with van der Waals surface area (Å²) in [6.07, 6.45) is 0. The van der Waals surface area contributed by atoms with E-state index in [4.69, 9.17) is 9.47 Å². The van der Waals surface area contributed by atoms with Crippen LogP contribution in [0.2, 0.25) is 0 Å². The second-order valence-corrected chi connectivity index (χ2v) is 7.22. The molecule has 10 nitrogen and oxygen atoms in total. The average molecular weight is 459 g/mol. The minimum atomic E-state index is -0.408. The van der Waals surface area contributed by atoms with Gasteiger partial charge in [-0.25, -0.2) is 9.78 Å². The maximum Gasteiger partial charge on any atom is 0.267 e. The standard InChI is InChI=1S/C24H21N5O5/c1-33-20-10-5-16(13-21(20)34-2)19-9-12-24(32)29(28-19)14-23(31)25-17-6-3-15(4-7-17)18-8-11-22(30)27-26-18/h3-13H,14H2,1-2H3,(H,25,31)(H,27,30). The zero-order valence-electron chi connectivity index (χ0n) is 18.4. The van der Waals surface area contributed by atoms with Crippen molar-refractivity contribution in [2.24, 2.45) is 0 Å². The monoisotopic (exact) mass is 459 g/mol. The number of anilines is 1. The summed E-state index contributed by atoms with van der Waals surface area (Å²) in [4.78, 5) is 36.0. The van der Waals surface area contributed by atoms with Crippen molar-refractivity contribution in [1.29, 1.82) is 0 Å². The van der Waals surface area contributed by atoms with Crippen LogP contribution in [-0.4, -0.2) is 40.1 Å². The fraction of sp³-hybridized carbons (Fsp3) is 0.125. The van der Waals surface area contributed by atoms with Gasteiger partial charge in [0.05, 0.1) is 25.6 Å². The lowest BCUT2D eigenvalue weighted by molar-refractivity contribution is -0.117. The molecule has 0 aliphatic rings. The van der Waals surface area contributed by atoms with Gasteiger partial charge < -0.3 is 14.8 Å². The van der Waals surface area contributed by atoms with E-state index in [1.54, 1.807) is 61.7 Å². The van der Waals surface area contributed by atoms with Gasteiger partial charge in [-0.3, -0.25) is 14.4 Å². The number of aromatic amines is 1. The fourth-order valence-corrected chi connectivity index (χ4v) is 3.28. The van der Waals surface area contributed by atoms with Crippen molar-refractivity contribution < 1.29 is 14.3 Å². The highest BCUT2D eigenvalue weighted by Gasteiger charge is 2.11. The van der Waals surface area contributed by atoms with Crippen LogP contribution in [0, 0.1) is 0 Å². The van der Waals surface area contributed by atoms with Crippen LogP contribution in [0.5, 0.6) is 11.5 Å². The van der Waals surface area contributed by atoms with Crippen LogP contribution < -0.4 is 25.9 Å². The highest BCUT2D eigenvalue weighted by Crippen LogP contribution is 2.31. The van der Waals surface area contributed by atoms with Crippen LogP contribution in [-0.2, 0) is 11.3 Å². The number of carbonyl (C=O) groups is 1. The van der Waals surface area contributed by atoms with E-state index in [1.165, 1.54) is 19.2 Å². The quantitative estimate of drug-likeness (QED) is 0.434. The molecule has 34 heavy (non-hydrogen) atoms. The third-order valence-corrected chi connectivity index (χ3v) is 4.98. The van der Waals surface area contributed by atoms with E-state index in [0.29, 0.717) is 34.1 Å². The number of benzene rings is 2. The first-order valence-corrected chi connectivity index (χ1v) is 10.2. The van der Waals surface area contributed by atoms with Crippen LogP contribution in [0.15, 0.2) is 76.3 Å². The van der Waals surface area contributed by atoms with Gasteiger partial charge in [0.25, 0.3) is 11.1 Å². The molecular formula is C24H21N5O5. The Morgan fingerprint density at radius 1 is 0.882 bits per heavy atom. The van der Waals surface area contributed by atoms with E-state index in [0.717, 1.165) is 10.2 Å². The lowest BCUT2D eigenvalue weighted by atomic mass is 10.1. The second kappa shape index (κ2) is 9.82. The molecule has 4 aromatic rings. The zero-order chi connectivity index (χ0) is 24.1. The van der Waals surface area contributed by atoms with Crippen LogP contribution >= 0.6 is 0 Å². The van der Waals surface area contributed by atoms with E-state index >= 15 is 0 Å². The van der Waals surface area contributed by atoms with Crippen LogP contribution in [0.25, 0.3) is 22.5 Å². The number of nitrogens with zero attached hydrogens (tertiary/aromatic N) is 3. The third kappa shape index (κ3) is 5.01. The van der Waals surface area contributed by atoms with Crippen LogP contribution in [0.1, 0.15) is 0 Å². The molecule has 2 aromatic carbocycles. The molecule has 2 aromatic heterocycles. The molecule has 2 heterocycles. The van der Waals surface area contributed by atoms with Crippen molar-refractivity contribution in [2.45, 2.75) is 6.54 Å². The molecule has 0 atom stereocenters. The summed E-state index contributed by atoms with van der Waals surface area (Å²) in [6.45, 7) is -0.261. The topological polar surface area (TPSA) is 128 Å². The summed E-state index contributed by atoms with van der Waals surface area (Å²) >= 11 is 0. The van der Waals surface area contributed by atoms with Gasteiger partial charge in [0.1, 0.15) is 6.54 Å². The first-order valence-electron chi connectivity index (χ1n) is 10.2. The van der Waals surface area contributed by atoms with Gasteiger partial charge in [-0.15, -0.1) is 0 Å². The Kier molecular flexibility index (Phi) is 6.49. The van der Waals surface area contributed by atoms with Crippen molar-refractivity contribution in [3.05, 3.63) is 87.4 Å². The third-order valence-electron chi connectivity index (χ3n) is 4.98. The molecule has 0 fully saturated rings. The van der Waals surface area contributed by atoms with E-state index in [-0.39, 0.29) is 12.1 Å². The number of nitrogens with one attached hydrogen (secondary N) is 2. The molecule has 0 radical (unpaired) electrons. The van der Waals surface area contributed by atoms with Gasteiger partial charge in [0, 0.05) is 28.9 Å². The Hall–Kier alpha value is -4.73. The van der Waals surface area contributed by atoms with Crippen molar-refractivity contribution >= 4 is 11.6 Å². The largest absolute Gasteiger partial charge is 0.493 e. The number of carbonyl (C=O) groups excluding carboxylic acids is 1. The van der Waals surface area contributed by atoms with Crippen molar-refractivity contribution in [2.75, 3.05) is 19.5 Å². The summed E-state index contributed by atoms with van der Waals surface area (Å²) in [5.41, 5.74) is 2.44. The van der Waals surface area contributed by atoms with Gasteiger partial charge in [0.2, 0.25) is 5.91 Å². The van der Waals surface area contributed by atoms with Gasteiger partial charge in [0.15, 0.2) is 11.5 Å². The summed E-state index contributed by atoms with van der Waals surface area (Å²) in [7, 11) is 3.08. The average Bonchev–Trinajstić information content (AvgIpc) is 2.86. The minimum absolute atomic E-state index is 0.261. The normalized spacial score (nSPS) is 10.5. The number of amides is 1. The molecule has 10 heteroatoms. The van der Waals surface area contributed by atoms with E-state index < -0.39 is 11.5 Å². The minimum Gasteiger partial charge on any atom is -0.493 e. The maximum atomic E-state index is 12.6. The number of aromatic nitrogens is 4. The van der Waals surface area contributed by atoms with E-state index in [1.807, 2.05) is 0 Å². The second-order valence-electron chi connectivity index (χ2n) is 7.22. The first kappa shape index (κ1) is 22.5. The molecule has 172 valence electrons. The molecule has 2 N–H and O–H groups in total. The van der Waals surface area contributed by atoms with Gasteiger partial charge >= 0.3 is 0 Å². The smallest absolute Gasteiger partial charge is 0.267 e. The molecule has 0 aliphatic heterocycles. The maximum absolute atomic E-state index is 12.6. The molecule has 0 spiro atoms. The van der Waals surface area contributed by atoms with Crippen molar-refractivity contribution in [1.82, 2.24) is 20.0 Å². The number of rotatable bonds is 7. The van der Waals surface area contributed by atoms with Gasteiger partial charge in [-0.1, -0.05) is 12.1 Å². The Morgan fingerprint density at radius 2 is 1.59 bits per heavy atom. The number of methoxy groups -OCH3 is 2. The molecular weight excluding hydrogens is 438 g/mol. The predicted molar refractivity (Wildman–Crippen MR) is 126 cm³/mol. The number of H-pyrrole nitrogens is 1. The summed E-state index contributed by atoms with van der Waals surface area (Å²) < 4.78 is 11.7. The SMILES string of the molecule is COc1ccc(-c2ccc(=O)n(CC(=O)Nc3ccc(-c4ccc(=O)[nH]n4)cc3)n2)cc1OC. The predicted octanol–water partition coefficient (Wildman–Crippen LogP) is 2.32. The summed E-state index contributed by atoms with van der Waals surface area (Å²) in [5, 5.41) is 13.4. The van der Waals surface area contributed by atoms with Gasteiger partial charge in [-0.05, 0) is 42.5 Å². The highest BCUT2D eigenvalue weighted by molar-refractivity contribution is 5.90.